The molecule has 1 aromatic rings. The lowest BCUT2D eigenvalue weighted by Crippen LogP contribution is -2.45. The molecule has 1 aromatic heterocycles. The normalized spacial score (nSPS) is 17.4. The zero-order valence-corrected chi connectivity index (χ0v) is 14.2. The Morgan fingerprint density at radius 1 is 1.33 bits per heavy atom. The van der Waals surface area contributed by atoms with Crippen LogP contribution in [0.3, 0.4) is 0 Å². The standard InChI is InChI=1S/C16H25N5O3/c1-17-16-19-9-12(10-20-16)15(23)21-8-4-3-5-13(21)6-7-18-14(22)11-24-2/h9-10,13H,3-8,11H2,1-2H3,(H,18,22)(H,17,19,20). The maximum absolute atomic E-state index is 12.7. The summed E-state index contributed by atoms with van der Waals surface area (Å²) in [4.78, 5) is 34.3. The molecule has 8 nitrogen and oxygen atoms in total. The molecule has 1 fully saturated rings. The van der Waals surface area contributed by atoms with Gasteiger partial charge in [0.1, 0.15) is 6.61 Å². The minimum Gasteiger partial charge on any atom is -0.375 e. The summed E-state index contributed by atoms with van der Waals surface area (Å²) >= 11 is 0. The van der Waals surface area contributed by atoms with E-state index in [9.17, 15) is 9.59 Å². The van der Waals surface area contributed by atoms with Gasteiger partial charge in [-0.15, -0.1) is 0 Å². The number of rotatable bonds is 7. The van der Waals surface area contributed by atoms with Crippen LogP contribution < -0.4 is 10.6 Å². The van der Waals surface area contributed by atoms with E-state index in [4.69, 9.17) is 4.74 Å². The number of nitrogens with one attached hydrogen (secondary N) is 2. The fourth-order valence-corrected chi connectivity index (χ4v) is 2.86. The largest absolute Gasteiger partial charge is 0.375 e. The molecule has 2 amide bonds. The zero-order valence-electron chi connectivity index (χ0n) is 14.2. The van der Waals surface area contributed by atoms with Crippen molar-refractivity contribution in [3.05, 3.63) is 18.0 Å². The van der Waals surface area contributed by atoms with Gasteiger partial charge >= 0.3 is 0 Å². The Morgan fingerprint density at radius 3 is 2.75 bits per heavy atom. The minimum atomic E-state index is -0.137. The van der Waals surface area contributed by atoms with Gasteiger partial charge in [0.2, 0.25) is 11.9 Å². The van der Waals surface area contributed by atoms with Gasteiger partial charge in [0, 0.05) is 45.7 Å². The van der Waals surface area contributed by atoms with Crippen molar-refractivity contribution in [1.82, 2.24) is 20.2 Å². The molecule has 1 atom stereocenters. The second-order valence-corrected chi connectivity index (χ2v) is 5.77. The first kappa shape index (κ1) is 18.1. The number of nitrogens with zero attached hydrogens (tertiary/aromatic N) is 3. The number of aromatic nitrogens is 2. The molecule has 0 radical (unpaired) electrons. The number of methoxy groups -OCH3 is 1. The van der Waals surface area contributed by atoms with Crippen molar-refractivity contribution < 1.29 is 14.3 Å². The first-order chi connectivity index (χ1) is 11.7. The van der Waals surface area contributed by atoms with Crippen LogP contribution in [-0.4, -0.2) is 66.6 Å². The van der Waals surface area contributed by atoms with E-state index in [2.05, 4.69) is 20.6 Å². The highest BCUT2D eigenvalue weighted by atomic mass is 16.5. The fraction of sp³-hybridized carbons (Fsp3) is 0.625. The van der Waals surface area contributed by atoms with Crippen LogP contribution in [0.1, 0.15) is 36.0 Å². The van der Waals surface area contributed by atoms with E-state index >= 15 is 0 Å². The van der Waals surface area contributed by atoms with Crippen LogP contribution in [0, 0.1) is 0 Å². The highest BCUT2D eigenvalue weighted by Gasteiger charge is 2.27. The van der Waals surface area contributed by atoms with Gasteiger partial charge in [-0.25, -0.2) is 9.97 Å². The number of carbonyl (C=O) groups is 2. The highest BCUT2D eigenvalue weighted by molar-refractivity contribution is 5.94. The second-order valence-electron chi connectivity index (χ2n) is 5.77. The minimum absolute atomic E-state index is 0.0504. The summed E-state index contributed by atoms with van der Waals surface area (Å²) in [5.41, 5.74) is 0.490. The van der Waals surface area contributed by atoms with E-state index in [-0.39, 0.29) is 24.5 Å². The Morgan fingerprint density at radius 2 is 2.08 bits per heavy atom. The molecule has 1 unspecified atom stereocenters. The molecule has 8 heteroatoms. The van der Waals surface area contributed by atoms with E-state index in [1.54, 1.807) is 19.4 Å². The van der Waals surface area contributed by atoms with E-state index in [0.717, 1.165) is 32.2 Å². The van der Waals surface area contributed by atoms with Crippen LogP contribution in [0.15, 0.2) is 12.4 Å². The van der Waals surface area contributed by atoms with E-state index < -0.39 is 0 Å². The molecule has 1 saturated heterocycles. The molecule has 2 N–H and O–H groups in total. The van der Waals surface area contributed by atoms with Gasteiger partial charge in [0.25, 0.3) is 5.91 Å². The number of carbonyl (C=O) groups excluding carboxylic acids is 2. The van der Waals surface area contributed by atoms with Crippen LogP contribution in [0.2, 0.25) is 0 Å². The number of hydrogen-bond donors (Lipinski definition) is 2. The SMILES string of the molecule is CNc1ncc(C(=O)N2CCCCC2CCNC(=O)COC)cn1. The molecular weight excluding hydrogens is 310 g/mol. The van der Waals surface area contributed by atoms with Crippen LogP contribution in [0.25, 0.3) is 0 Å². The first-order valence-corrected chi connectivity index (χ1v) is 8.22. The molecule has 0 aliphatic carbocycles. The third-order valence-corrected chi connectivity index (χ3v) is 4.09. The van der Waals surface area contributed by atoms with Crippen molar-refractivity contribution >= 4 is 17.8 Å². The summed E-state index contributed by atoms with van der Waals surface area (Å²) in [7, 11) is 3.22. The summed E-state index contributed by atoms with van der Waals surface area (Å²) in [5.74, 6) is 0.301. The lowest BCUT2D eigenvalue weighted by atomic mass is 9.98. The third-order valence-electron chi connectivity index (χ3n) is 4.09. The van der Waals surface area contributed by atoms with Crippen molar-refractivity contribution in [3.8, 4) is 0 Å². The lowest BCUT2D eigenvalue weighted by molar-refractivity contribution is -0.124. The summed E-state index contributed by atoms with van der Waals surface area (Å²) in [6.07, 6.45) is 6.86. The Kier molecular flexibility index (Phi) is 6.92. The molecule has 2 heterocycles. The van der Waals surface area contributed by atoms with E-state index in [0.29, 0.717) is 18.1 Å². The van der Waals surface area contributed by atoms with Crippen molar-refractivity contribution in [1.29, 1.82) is 0 Å². The monoisotopic (exact) mass is 335 g/mol. The quantitative estimate of drug-likeness (QED) is 0.760. The average molecular weight is 335 g/mol. The summed E-state index contributed by atoms with van der Waals surface area (Å²) in [6.45, 7) is 1.32. The fourth-order valence-electron chi connectivity index (χ4n) is 2.86. The van der Waals surface area contributed by atoms with Crippen molar-refractivity contribution in [2.45, 2.75) is 31.7 Å². The lowest BCUT2D eigenvalue weighted by Gasteiger charge is -2.36. The van der Waals surface area contributed by atoms with E-state index in [1.807, 2.05) is 4.90 Å². The van der Waals surface area contributed by atoms with Gasteiger partial charge in [0.05, 0.1) is 5.56 Å². The van der Waals surface area contributed by atoms with Crippen LogP contribution in [-0.2, 0) is 9.53 Å². The predicted molar refractivity (Wildman–Crippen MR) is 89.8 cm³/mol. The molecule has 0 spiro atoms. The highest BCUT2D eigenvalue weighted by Crippen LogP contribution is 2.21. The number of anilines is 1. The van der Waals surface area contributed by atoms with Gasteiger partial charge in [0.15, 0.2) is 0 Å². The van der Waals surface area contributed by atoms with Gasteiger partial charge in [-0.05, 0) is 25.7 Å². The molecular formula is C16H25N5O3. The van der Waals surface area contributed by atoms with Crippen molar-refractivity contribution in [2.75, 3.05) is 39.2 Å². The smallest absolute Gasteiger partial charge is 0.257 e. The molecule has 1 aliphatic rings. The molecule has 0 bridgehead atoms. The average Bonchev–Trinajstić information content (AvgIpc) is 2.62. The zero-order chi connectivity index (χ0) is 17.4. The Balaban J connectivity index is 1.94. The van der Waals surface area contributed by atoms with Crippen molar-refractivity contribution in [3.63, 3.8) is 0 Å². The van der Waals surface area contributed by atoms with Gasteiger partial charge < -0.3 is 20.3 Å². The number of hydrogen-bond acceptors (Lipinski definition) is 6. The number of likely N-dealkylation sites (tertiary alicyclic amines) is 1. The number of piperidine rings is 1. The van der Waals surface area contributed by atoms with Crippen LogP contribution in [0.4, 0.5) is 5.95 Å². The molecule has 0 saturated carbocycles. The van der Waals surface area contributed by atoms with Crippen LogP contribution >= 0.6 is 0 Å². The maximum atomic E-state index is 12.7. The first-order valence-electron chi connectivity index (χ1n) is 8.22. The molecule has 1 aliphatic heterocycles. The Bertz CT molecular complexity index is 549. The topological polar surface area (TPSA) is 96.5 Å². The van der Waals surface area contributed by atoms with Crippen molar-refractivity contribution in [2.24, 2.45) is 0 Å². The Hall–Kier alpha value is -2.22. The summed E-state index contributed by atoms with van der Waals surface area (Å²) in [5, 5.41) is 5.64. The summed E-state index contributed by atoms with van der Waals surface area (Å²) < 4.78 is 4.79. The molecule has 0 aromatic carbocycles. The molecule has 24 heavy (non-hydrogen) atoms. The van der Waals surface area contributed by atoms with Crippen LogP contribution in [0.5, 0.6) is 0 Å². The third kappa shape index (κ3) is 4.89. The second kappa shape index (κ2) is 9.17. The van der Waals surface area contributed by atoms with Gasteiger partial charge in [-0.2, -0.15) is 0 Å². The van der Waals surface area contributed by atoms with E-state index in [1.165, 1.54) is 7.11 Å². The number of ether oxygens (including phenoxy) is 1. The summed E-state index contributed by atoms with van der Waals surface area (Å²) in [6, 6.07) is 0.123. The maximum Gasteiger partial charge on any atom is 0.257 e. The molecule has 2 rings (SSSR count). The van der Waals surface area contributed by atoms with Gasteiger partial charge in [-0.3, -0.25) is 9.59 Å². The van der Waals surface area contributed by atoms with Gasteiger partial charge in [-0.1, -0.05) is 0 Å². The Labute approximate surface area is 142 Å². The molecule has 132 valence electrons. The number of amides is 2. The predicted octanol–water partition coefficient (Wildman–Crippen LogP) is 0.666.